The number of piperidine rings is 1. The number of sulfonamides is 1. The Morgan fingerprint density at radius 3 is 2.80 bits per heavy atom. The van der Waals surface area contributed by atoms with Crippen LogP contribution in [0.25, 0.3) is 0 Å². The van der Waals surface area contributed by atoms with Gasteiger partial charge in [-0.05, 0) is 37.8 Å². The van der Waals surface area contributed by atoms with Gasteiger partial charge in [-0.1, -0.05) is 17.7 Å². The third kappa shape index (κ3) is 2.83. The first-order chi connectivity index (χ1) is 9.37. The van der Waals surface area contributed by atoms with E-state index in [9.17, 15) is 17.9 Å². The molecular weight excluding hydrogens is 305 g/mol. The molecule has 0 spiro atoms. The van der Waals surface area contributed by atoms with Crippen LogP contribution in [0.1, 0.15) is 19.8 Å². The van der Waals surface area contributed by atoms with Gasteiger partial charge < -0.3 is 5.11 Å². The van der Waals surface area contributed by atoms with E-state index in [0.717, 1.165) is 6.42 Å². The Kier molecular flexibility index (Phi) is 4.69. The molecule has 0 saturated carbocycles. The normalized spacial score (nSPS) is 24.8. The molecule has 112 valence electrons. The molecule has 1 saturated heterocycles. The molecule has 1 fully saturated rings. The molecule has 1 aromatic carbocycles. The fourth-order valence-corrected chi connectivity index (χ4v) is 4.50. The molecule has 1 heterocycles. The van der Waals surface area contributed by atoms with Crippen LogP contribution < -0.4 is 0 Å². The second-order valence-electron chi connectivity index (χ2n) is 5.10. The minimum absolute atomic E-state index is 0.0727. The first-order valence-corrected chi connectivity index (χ1v) is 8.26. The highest BCUT2D eigenvalue weighted by atomic mass is 35.5. The van der Waals surface area contributed by atoms with Gasteiger partial charge in [0.1, 0.15) is 4.90 Å². The molecule has 0 aromatic heterocycles. The lowest BCUT2D eigenvalue weighted by Crippen LogP contribution is -2.46. The number of rotatable bonds is 3. The summed E-state index contributed by atoms with van der Waals surface area (Å²) >= 11 is 5.65. The molecule has 1 aliphatic rings. The Balaban J connectivity index is 2.40. The maximum atomic E-state index is 14.0. The largest absolute Gasteiger partial charge is 0.396 e. The first-order valence-electron chi connectivity index (χ1n) is 6.44. The highest BCUT2D eigenvalue weighted by Crippen LogP contribution is 2.30. The Hall–Kier alpha value is -0.690. The lowest BCUT2D eigenvalue weighted by Gasteiger charge is -2.36. The summed E-state index contributed by atoms with van der Waals surface area (Å²) in [6.45, 7) is 1.91. The summed E-state index contributed by atoms with van der Waals surface area (Å²) in [7, 11) is -3.94. The lowest BCUT2D eigenvalue weighted by atomic mass is 9.96. The molecule has 20 heavy (non-hydrogen) atoms. The van der Waals surface area contributed by atoms with E-state index in [2.05, 4.69) is 0 Å². The third-order valence-corrected chi connectivity index (χ3v) is 5.97. The zero-order valence-electron chi connectivity index (χ0n) is 11.1. The Labute approximate surface area is 123 Å². The van der Waals surface area contributed by atoms with Gasteiger partial charge in [-0.25, -0.2) is 12.8 Å². The quantitative estimate of drug-likeness (QED) is 0.929. The molecule has 2 unspecified atom stereocenters. The number of aliphatic hydroxyl groups excluding tert-OH is 1. The van der Waals surface area contributed by atoms with Crippen molar-refractivity contribution in [3.05, 3.63) is 29.0 Å². The van der Waals surface area contributed by atoms with Crippen molar-refractivity contribution in [2.75, 3.05) is 13.2 Å². The van der Waals surface area contributed by atoms with Gasteiger partial charge in [0.05, 0.1) is 5.02 Å². The number of nitrogens with zero attached hydrogens (tertiary/aromatic N) is 1. The second-order valence-corrected chi connectivity index (χ2v) is 7.37. The maximum Gasteiger partial charge on any atom is 0.246 e. The zero-order valence-corrected chi connectivity index (χ0v) is 12.7. The van der Waals surface area contributed by atoms with Gasteiger partial charge in [-0.15, -0.1) is 0 Å². The van der Waals surface area contributed by atoms with Gasteiger partial charge in [0.25, 0.3) is 0 Å². The van der Waals surface area contributed by atoms with Gasteiger partial charge in [0, 0.05) is 19.2 Å². The van der Waals surface area contributed by atoms with Crippen molar-refractivity contribution in [1.82, 2.24) is 4.31 Å². The van der Waals surface area contributed by atoms with E-state index in [4.69, 9.17) is 11.6 Å². The van der Waals surface area contributed by atoms with Gasteiger partial charge in [-0.3, -0.25) is 0 Å². The van der Waals surface area contributed by atoms with Crippen molar-refractivity contribution in [3.8, 4) is 0 Å². The summed E-state index contributed by atoms with van der Waals surface area (Å²) in [5, 5.41) is 9.00. The summed E-state index contributed by atoms with van der Waals surface area (Å²) in [6.07, 6.45) is 1.41. The van der Waals surface area contributed by atoms with Crippen molar-refractivity contribution in [3.63, 3.8) is 0 Å². The molecule has 0 radical (unpaired) electrons. The van der Waals surface area contributed by atoms with Crippen molar-refractivity contribution in [2.45, 2.75) is 30.7 Å². The number of halogens is 2. The molecule has 2 rings (SSSR count). The number of aliphatic hydroxyl groups is 1. The summed E-state index contributed by atoms with van der Waals surface area (Å²) in [4.78, 5) is -0.407. The van der Waals surface area contributed by atoms with Gasteiger partial charge >= 0.3 is 0 Å². The van der Waals surface area contributed by atoms with Crippen LogP contribution in [-0.2, 0) is 10.0 Å². The van der Waals surface area contributed by atoms with Crippen LogP contribution in [0.3, 0.4) is 0 Å². The molecule has 4 nitrogen and oxygen atoms in total. The minimum Gasteiger partial charge on any atom is -0.396 e. The van der Waals surface area contributed by atoms with E-state index in [-0.39, 0.29) is 30.1 Å². The summed E-state index contributed by atoms with van der Waals surface area (Å²) in [5.74, 6) is -1.03. The predicted molar refractivity (Wildman–Crippen MR) is 74.6 cm³/mol. The van der Waals surface area contributed by atoms with Crippen LogP contribution >= 0.6 is 11.6 Å². The van der Waals surface area contributed by atoms with Crippen LogP contribution in [0.4, 0.5) is 4.39 Å². The Morgan fingerprint density at radius 2 is 2.15 bits per heavy atom. The number of hydrogen-bond acceptors (Lipinski definition) is 3. The average Bonchev–Trinajstić information content (AvgIpc) is 2.42. The standard InChI is InChI=1S/C13H17ClFNO3S/c1-9-5-6-10(8-17)7-16(9)20(18,19)12-4-2-3-11(14)13(12)15/h2-4,9-10,17H,5-8H2,1H3. The first kappa shape index (κ1) is 15.7. The molecule has 1 N–H and O–H groups in total. The molecule has 2 atom stereocenters. The minimum atomic E-state index is -3.94. The molecule has 0 amide bonds. The maximum absolute atomic E-state index is 14.0. The molecule has 0 bridgehead atoms. The van der Waals surface area contributed by atoms with E-state index in [1.165, 1.54) is 22.5 Å². The van der Waals surface area contributed by atoms with E-state index in [0.29, 0.717) is 6.42 Å². The van der Waals surface area contributed by atoms with Crippen LogP contribution in [0.15, 0.2) is 23.1 Å². The topological polar surface area (TPSA) is 57.6 Å². The molecule has 0 aliphatic carbocycles. The SMILES string of the molecule is CC1CCC(CO)CN1S(=O)(=O)c1cccc(Cl)c1F. The number of benzene rings is 1. The van der Waals surface area contributed by atoms with Crippen LogP contribution in [-0.4, -0.2) is 37.0 Å². The summed E-state index contributed by atoms with van der Waals surface area (Å²) < 4.78 is 40.4. The molecular formula is C13H17ClFNO3S. The smallest absolute Gasteiger partial charge is 0.246 e. The van der Waals surface area contributed by atoms with Crippen LogP contribution in [0.5, 0.6) is 0 Å². The molecule has 7 heteroatoms. The molecule has 1 aliphatic heterocycles. The number of hydrogen-bond donors (Lipinski definition) is 1. The zero-order chi connectivity index (χ0) is 14.9. The van der Waals surface area contributed by atoms with Crippen LogP contribution in [0, 0.1) is 11.7 Å². The highest BCUT2D eigenvalue weighted by molar-refractivity contribution is 7.89. The highest BCUT2D eigenvalue weighted by Gasteiger charge is 2.36. The average molecular weight is 322 g/mol. The second kappa shape index (κ2) is 5.97. The van der Waals surface area contributed by atoms with E-state index < -0.39 is 20.7 Å². The van der Waals surface area contributed by atoms with Gasteiger partial charge in [0.2, 0.25) is 10.0 Å². The van der Waals surface area contributed by atoms with Gasteiger partial charge in [-0.2, -0.15) is 4.31 Å². The van der Waals surface area contributed by atoms with Crippen molar-refractivity contribution < 1.29 is 17.9 Å². The van der Waals surface area contributed by atoms with Crippen molar-refractivity contribution in [2.24, 2.45) is 5.92 Å². The van der Waals surface area contributed by atoms with E-state index in [1.54, 1.807) is 6.92 Å². The lowest BCUT2D eigenvalue weighted by molar-refractivity contribution is 0.139. The van der Waals surface area contributed by atoms with Crippen molar-refractivity contribution in [1.29, 1.82) is 0 Å². The Morgan fingerprint density at radius 1 is 1.45 bits per heavy atom. The summed E-state index contributed by atoms with van der Waals surface area (Å²) in [6, 6.07) is 3.72. The molecule has 1 aromatic rings. The monoisotopic (exact) mass is 321 g/mol. The predicted octanol–water partition coefficient (Wildman–Crippen LogP) is 2.26. The van der Waals surface area contributed by atoms with Crippen LogP contribution in [0.2, 0.25) is 5.02 Å². The van der Waals surface area contributed by atoms with E-state index >= 15 is 0 Å². The third-order valence-electron chi connectivity index (χ3n) is 3.68. The van der Waals surface area contributed by atoms with E-state index in [1.807, 2.05) is 0 Å². The van der Waals surface area contributed by atoms with Gasteiger partial charge in [0.15, 0.2) is 5.82 Å². The fraction of sp³-hybridized carbons (Fsp3) is 0.538. The fourth-order valence-electron chi connectivity index (χ4n) is 2.44. The Bertz CT molecular complexity index is 593. The van der Waals surface area contributed by atoms with Crippen molar-refractivity contribution >= 4 is 21.6 Å². The summed E-state index contributed by atoms with van der Waals surface area (Å²) in [5.41, 5.74) is 0.